The standard InChI is InChI=1S/C18H37N3O/c1-7-9-10-16(22)19-17(3,4)15-18(5,8-2)21-13-11-20(6)12-14-21/h7-15H2,1-6H3,(H,19,22). The molecular weight excluding hydrogens is 274 g/mol. The fraction of sp³-hybridized carbons (Fsp3) is 0.944. The highest BCUT2D eigenvalue weighted by Crippen LogP contribution is 2.30. The predicted octanol–water partition coefficient (Wildman–Crippen LogP) is 2.88. The van der Waals surface area contributed by atoms with E-state index in [0.29, 0.717) is 6.42 Å². The van der Waals surface area contributed by atoms with Crippen LogP contribution in [0.1, 0.15) is 66.7 Å². The summed E-state index contributed by atoms with van der Waals surface area (Å²) in [5, 5.41) is 3.25. The van der Waals surface area contributed by atoms with E-state index in [0.717, 1.165) is 51.9 Å². The number of hydrogen-bond acceptors (Lipinski definition) is 3. The number of piperazine rings is 1. The van der Waals surface area contributed by atoms with E-state index in [4.69, 9.17) is 0 Å². The molecule has 0 spiro atoms. The lowest BCUT2D eigenvalue weighted by atomic mass is 9.81. The highest BCUT2D eigenvalue weighted by Gasteiger charge is 2.37. The van der Waals surface area contributed by atoms with Crippen molar-refractivity contribution in [2.75, 3.05) is 33.2 Å². The number of rotatable bonds is 8. The summed E-state index contributed by atoms with van der Waals surface area (Å²) in [6.45, 7) is 15.6. The molecule has 1 aliphatic heterocycles. The molecule has 4 heteroatoms. The molecule has 130 valence electrons. The third kappa shape index (κ3) is 5.88. The van der Waals surface area contributed by atoms with Crippen LogP contribution < -0.4 is 5.32 Å². The number of amides is 1. The van der Waals surface area contributed by atoms with E-state index in [-0.39, 0.29) is 17.0 Å². The molecule has 0 aromatic heterocycles. The zero-order chi connectivity index (χ0) is 16.8. The molecule has 1 saturated heterocycles. The highest BCUT2D eigenvalue weighted by atomic mass is 16.1. The van der Waals surface area contributed by atoms with Crippen molar-refractivity contribution in [1.82, 2.24) is 15.1 Å². The van der Waals surface area contributed by atoms with Crippen LogP contribution in [0.4, 0.5) is 0 Å². The number of likely N-dealkylation sites (N-methyl/N-ethyl adjacent to an activating group) is 1. The molecule has 1 atom stereocenters. The molecule has 22 heavy (non-hydrogen) atoms. The quantitative estimate of drug-likeness (QED) is 0.749. The Morgan fingerprint density at radius 3 is 2.18 bits per heavy atom. The van der Waals surface area contributed by atoms with Crippen LogP contribution in [-0.2, 0) is 4.79 Å². The van der Waals surface area contributed by atoms with E-state index in [1.54, 1.807) is 0 Å². The minimum Gasteiger partial charge on any atom is -0.351 e. The van der Waals surface area contributed by atoms with Crippen LogP contribution in [0.3, 0.4) is 0 Å². The van der Waals surface area contributed by atoms with Gasteiger partial charge in [0.15, 0.2) is 0 Å². The fourth-order valence-corrected chi connectivity index (χ4v) is 3.58. The summed E-state index contributed by atoms with van der Waals surface area (Å²) in [7, 11) is 2.19. The minimum atomic E-state index is -0.154. The van der Waals surface area contributed by atoms with E-state index < -0.39 is 0 Å². The van der Waals surface area contributed by atoms with Crippen molar-refractivity contribution in [2.45, 2.75) is 77.8 Å². The van der Waals surface area contributed by atoms with Gasteiger partial charge in [-0.05, 0) is 47.1 Å². The Bertz CT molecular complexity index is 348. The Morgan fingerprint density at radius 1 is 1.09 bits per heavy atom. The maximum Gasteiger partial charge on any atom is 0.220 e. The maximum absolute atomic E-state index is 12.1. The van der Waals surface area contributed by atoms with Crippen LogP contribution in [0.25, 0.3) is 0 Å². The molecule has 1 amide bonds. The summed E-state index contributed by atoms with van der Waals surface area (Å²) in [5.41, 5.74) is 0.00172. The molecule has 0 bridgehead atoms. The van der Waals surface area contributed by atoms with Crippen LogP contribution in [0.15, 0.2) is 0 Å². The normalized spacial score (nSPS) is 20.6. The lowest BCUT2D eigenvalue weighted by molar-refractivity contribution is -0.123. The number of hydrogen-bond donors (Lipinski definition) is 1. The SMILES string of the molecule is CCCCC(=O)NC(C)(C)CC(C)(CC)N1CCN(C)CC1. The van der Waals surface area contributed by atoms with E-state index in [1.165, 1.54) is 0 Å². The second-order valence-electron chi connectivity index (χ2n) is 7.85. The van der Waals surface area contributed by atoms with Crippen molar-refractivity contribution < 1.29 is 4.79 Å². The van der Waals surface area contributed by atoms with E-state index >= 15 is 0 Å². The minimum absolute atomic E-state index is 0.154. The molecule has 1 N–H and O–H groups in total. The van der Waals surface area contributed by atoms with E-state index in [2.05, 4.69) is 56.8 Å². The first-order chi connectivity index (χ1) is 10.2. The van der Waals surface area contributed by atoms with Crippen LogP contribution in [0.2, 0.25) is 0 Å². The van der Waals surface area contributed by atoms with Crippen molar-refractivity contribution in [3.63, 3.8) is 0 Å². The number of unbranched alkanes of at least 4 members (excludes halogenated alkanes) is 1. The third-order valence-corrected chi connectivity index (χ3v) is 5.09. The molecule has 0 radical (unpaired) electrons. The van der Waals surface area contributed by atoms with Gasteiger partial charge in [-0.2, -0.15) is 0 Å². The molecule has 0 saturated carbocycles. The van der Waals surface area contributed by atoms with Gasteiger partial charge in [-0.1, -0.05) is 20.3 Å². The van der Waals surface area contributed by atoms with Crippen molar-refractivity contribution in [1.29, 1.82) is 0 Å². The lowest BCUT2D eigenvalue weighted by Crippen LogP contribution is -2.59. The Balaban J connectivity index is 2.63. The second kappa shape index (κ2) is 8.30. The van der Waals surface area contributed by atoms with Gasteiger partial charge in [0.25, 0.3) is 0 Å². The zero-order valence-corrected chi connectivity index (χ0v) is 15.7. The van der Waals surface area contributed by atoms with Crippen LogP contribution in [-0.4, -0.2) is 60.0 Å². The van der Waals surface area contributed by atoms with Gasteiger partial charge in [0, 0.05) is 43.7 Å². The summed E-state index contributed by atoms with van der Waals surface area (Å²) in [6, 6.07) is 0. The van der Waals surface area contributed by atoms with Crippen molar-refractivity contribution >= 4 is 5.91 Å². The van der Waals surface area contributed by atoms with Gasteiger partial charge >= 0.3 is 0 Å². The molecule has 0 aromatic rings. The monoisotopic (exact) mass is 311 g/mol. The van der Waals surface area contributed by atoms with Crippen molar-refractivity contribution in [2.24, 2.45) is 0 Å². The molecule has 1 rings (SSSR count). The first-order valence-corrected chi connectivity index (χ1v) is 8.97. The summed E-state index contributed by atoms with van der Waals surface area (Å²) < 4.78 is 0. The fourth-order valence-electron chi connectivity index (χ4n) is 3.58. The summed E-state index contributed by atoms with van der Waals surface area (Å²) >= 11 is 0. The van der Waals surface area contributed by atoms with Crippen LogP contribution in [0.5, 0.6) is 0 Å². The molecule has 1 aliphatic rings. The number of nitrogens with zero attached hydrogens (tertiary/aromatic N) is 2. The number of carbonyl (C=O) groups excluding carboxylic acids is 1. The van der Waals surface area contributed by atoms with Gasteiger partial charge in [0.2, 0.25) is 5.91 Å². The molecule has 1 unspecified atom stereocenters. The molecule has 4 nitrogen and oxygen atoms in total. The van der Waals surface area contributed by atoms with Gasteiger partial charge in [0.05, 0.1) is 0 Å². The van der Waals surface area contributed by atoms with Crippen LogP contribution in [0, 0.1) is 0 Å². The number of nitrogens with one attached hydrogen (secondary N) is 1. The molecular formula is C18H37N3O. The smallest absolute Gasteiger partial charge is 0.220 e. The molecule has 1 heterocycles. The molecule has 1 fully saturated rings. The first kappa shape index (κ1) is 19.4. The second-order valence-corrected chi connectivity index (χ2v) is 7.85. The van der Waals surface area contributed by atoms with Crippen LogP contribution >= 0.6 is 0 Å². The first-order valence-electron chi connectivity index (χ1n) is 8.97. The predicted molar refractivity (Wildman–Crippen MR) is 94.1 cm³/mol. The molecule has 0 aromatic carbocycles. The third-order valence-electron chi connectivity index (χ3n) is 5.09. The number of carbonyl (C=O) groups is 1. The average Bonchev–Trinajstić information content (AvgIpc) is 2.44. The van der Waals surface area contributed by atoms with E-state index in [1.807, 2.05) is 0 Å². The Morgan fingerprint density at radius 2 is 1.68 bits per heavy atom. The Kier molecular flexibility index (Phi) is 7.33. The topological polar surface area (TPSA) is 35.6 Å². The largest absolute Gasteiger partial charge is 0.351 e. The van der Waals surface area contributed by atoms with Gasteiger partial charge in [-0.3, -0.25) is 9.69 Å². The maximum atomic E-state index is 12.1. The van der Waals surface area contributed by atoms with Gasteiger partial charge in [-0.15, -0.1) is 0 Å². The van der Waals surface area contributed by atoms with Crippen molar-refractivity contribution in [3.8, 4) is 0 Å². The summed E-state index contributed by atoms with van der Waals surface area (Å²) in [5.74, 6) is 0.198. The van der Waals surface area contributed by atoms with Gasteiger partial charge in [-0.25, -0.2) is 0 Å². The lowest BCUT2D eigenvalue weighted by Gasteiger charge is -2.48. The zero-order valence-electron chi connectivity index (χ0n) is 15.7. The van der Waals surface area contributed by atoms with Gasteiger partial charge in [0.1, 0.15) is 0 Å². The molecule has 0 aliphatic carbocycles. The average molecular weight is 312 g/mol. The van der Waals surface area contributed by atoms with E-state index in [9.17, 15) is 4.79 Å². The summed E-state index contributed by atoms with van der Waals surface area (Å²) in [4.78, 5) is 17.1. The Hall–Kier alpha value is -0.610. The highest BCUT2D eigenvalue weighted by molar-refractivity contribution is 5.76. The Labute approximate surface area is 137 Å². The van der Waals surface area contributed by atoms with Crippen molar-refractivity contribution in [3.05, 3.63) is 0 Å². The van der Waals surface area contributed by atoms with Gasteiger partial charge < -0.3 is 10.2 Å². The summed E-state index contributed by atoms with van der Waals surface area (Å²) in [6.07, 6.45) is 4.81.